The highest BCUT2D eigenvalue weighted by molar-refractivity contribution is 4.98. The normalized spacial score (nSPS) is 20.6. The van der Waals surface area contributed by atoms with Crippen molar-refractivity contribution < 1.29 is 4.39 Å². The third kappa shape index (κ3) is 2.05. The van der Waals surface area contributed by atoms with E-state index in [2.05, 4.69) is 5.92 Å². The molecule has 0 atom stereocenters. The highest BCUT2D eigenvalue weighted by Gasteiger charge is 2.09. The number of halogens is 1. The van der Waals surface area contributed by atoms with E-state index in [0.717, 1.165) is 12.8 Å². The molecule has 0 spiro atoms. The largest absolute Gasteiger partial charge is 0.144 e. The molecule has 0 saturated heterocycles. The lowest BCUT2D eigenvalue weighted by Gasteiger charge is -2.14. The van der Waals surface area contributed by atoms with Gasteiger partial charge in [0.15, 0.2) is 0 Å². The maximum absolute atomic E-state index is 11.4. The second kappa shape index (κ2) is 3.50. The lowest BCUT2D eigenvalue weighted by Crippen LogP contribution is -2.02. The summed E-state index contributed by atoms with van der Waals surface area (Å²) >= 11 is 0. The molecule has 1 heteroatoms. The SMILES string of the molecule is FC#CC1CCCCC1. The van der Waals surface area contributed by atoms with Crippen LogP contribution in [0.25, 0.3) is 0 Å². The van der Waals surface area contributed by atoms with Gasteiger partial charge in [-0.15, -0.1) is 4.39 Å². The molecule has 0 radical (unpaired) electrons. The van der Waals surface area contributed by atoms with Crippen LogP contribution in [-0.2, 0) is 0 Å². The van der Waals surface area contributed by atoms with Crippen LogP contribution in [0.5, 0.6) is 0 Å². The maximum Gasteiger partial charge on any atom is 0.105 e. The lowest BCUT2D eigenvalue weighted by atomic mass is 9.90. The van der Waals surface area contributed by atoms with Crippen molar-refractivity contribution in [3.8, 4) is 12.1 Å². The summed E-state index contributed by atoms with van der Waals surface area (Å²) in [4.78, 5) is 0. The molecule has 1 aliphatic carbocycles. The monoisotopic (exact) mass is 126 g/mol. The first kappa shape index (κ1) is 6.61. The summed E-state index contributed by atoms with van der Waals surface area (Å²) in [6.07, 6.45) is 7.48. The van der Waals surface area contributed by atoms with Crippen molar-refractivity contribution >= 4 is 0 Å². The molecule has 0 aliphatic heterocycles. The fourth-order valence-corrected chi connectivity index (χ4v) is 1.32. The van der Waals surface area contributed by atoms with Gasteiger partial charge in [0.25, 0.3) is 0 Å². The molecular weight excluding hydrogens is 115 g/mol. The van der Waals surface area contributed by atoms with Gasteiger partial charge in [0.05, 0.1) is 0 Å². The topological polar surface area (TPSA) is 0 Å². The van der Waals surface area contributed by atoms with Gasteiger partial charge in [0, 0.05) is 5.92 Å². The second-order valence-electron chi connectivity index (χ2n) is 2.57. The summed E-state index contributed by atoms with van der Waals surface area (Å²) in [6, 6.07) is 0. The zero-order chi connectivity index (χ0) is 6.53. The van der Waals surface area contributed by atoms with Crippen LogP contribution in [0.4, 0.5) is 4.39 Å². The van der Waals surface area contributed by atoms with Crippen LogP contribution in [-0.4, -0.2) is 0 Å². The van der Waals surface area contributed by atoms with E-state index in [4.69, 9.17) is 0 Å². The molecule has 0 amide bonds. The van der Waals surface area contributed by atoms with Gasteiger partial charge in [-0.3, -0.25) is 0 Å². The van der Waals surface area contributed by atoms with E-state index in [9.17, 15) is 4.39 Å². The van der Waals surface area contributed by atoms with Gasteiger partial charge in [0.2, 0.25) is 0 Å². The molecule has 1 rings (SSSR count). The Labute approximate surface area is 55.5 Å². The zero-order valence-corrected chi connectivity index (χ0v) is 5.49. The predicted octanol–water partition coefficient (Wildman–Crippen LogP) is 2.50. The smallest absolute Gasteiger partial charge is 0.105 e. The van der Waals surface area contributed by atoms with Gasteiger partial charge in [-0.2, -0.15) is 0 Å². The molecule has 0 N–H and O–H groups in total. The first-order valence-electron chi connectivity index (χ1n) is 3.54. The molecule has 0 aromatic heterocycles. The minimum absolute atomic E-state index is 0.365. The number of rotatable bonds is 0. The molecule has 0 unspecified atom stereocenters. The molecule has 1 aliphatic rings. The van der Waals surface area contributed by atoms with E-state index in [0.29, 0.717) is 5.92 Å². The quantitative estimate of drug-likeness (QED) is 0.437. The minimum Gasteiger partial charge on any atom is -0.144 e. The van der Waals surface area contributed by atoms with E-state index in [1.54, 1.807) is 0 Å². The Bertz CT molecular complexity index is 123. The Kier molecular flexibility index (Phi) is 2.57. The van der Waals surface area contributed by atoms with Gasteiger partial charge in [0.1, 0.15) is 6.17 Å². The lowest BCUT2D eigenvalue weighted by molar-refractivity contribution is 0.429. The molecule has 0 heterocycles. The van der Waals surface area contributed by atoms with Crippen molar-refractivity contribution in [1.29, 1.82) is 0 Å². The van der Waals surface area contributed by atoms with E-state index in [1.165, 1.54) is 25.4 Å². The molecule has 0 aromatic carbocycles. The summed E-state index contributed by atoms with van der Waals surface area (Å²) < 4.78 is 11.4. The van der Waals surface area contributed by atoms with Crippen molar-refractivity contribution in [3.05, 3.63) is 0 Å². The summed E-state index contributed by atoms with van der Waals surface area (Å²) in [6.45, 7) is 0. The molecule has 1 fully saturated rings. The van der Waals surface area contributed by atoms with E-state index in [1.807, 2.05) is 0 Å². The van der Waals surface area contributed by atoms with Gasteiger partial charge < -0.3 is 0 Å². The van der Waals surface area contributed by atoms with Gasteiger partial charge in [-0.05, 0) is 12.8 Å². The van der Waals surface area contributed by atoms with Gasteiger partial charge in [-0.1, -0.05) is 25.2 Å². The number of hydrogen-bond donors (Lipinski definition) is 0. The minimum atomic E-state index is 0.365. The van der Waals surface area contributed by atoms with Gasteiger partial charge in [-0.25, -0.2) is 0 Å². The van der Waals surface area contributed by atoms with Gasteiger partial charge >= 0.3 is 0 Å². The van der Waals surface area contributed by atoms with Crippen molar-refractivity contribution in [1.82, 2.24) is 0 Å². The second-order valence-corrected chi connectivity index (χ2v) is 2.57. The third-order valence-corrected chi connectivity index (χ3v) is 1.86. The van der Waals surface area contributed by atoms with E-state index >= 15 is 0 Å². The van der Waals surface area contributed by atoms with Crippen LogP contribution in [0, 0.1) is 18.0 Å². The Hall–Kier alpha value is -0.510. The number of hydrogen-bond acceptors (Lipinski definition) is 0. The Morgan fingerprint density at radius 3 is 2.33 bits per heavy atom. The Morgan fingerprint density at radius 1 is 1.11 bits per heavy atom. The molecule has 50 valence electrons. The molecule has 1 saturated carbocycles. The summed E-state index contributed by atoms with van der Waals surface area (Å²) in [5, 5.41) is 0. The highest BCUT2D eigenvalue weighted by atomic mass is 19.1. The third-order valence-electron chi connectivity index (χ3n) is 1.86. The average Bonchev–Trinajstić information content (AvgIpc) is 1.91. The van der Waals surface area contributed by atoms with Crippen molar-refractivity contribution in [2.45, 2.75) is 32.1 Å². The first-order chi connectivity index (χ1) is 4.43. The maximum atomic E-state index is 11.4. The highest BCUT2D eigenvalue weighted by Crippen LogP contribution is 2.22. The average molecular weight is 126 g/mol. The fourth-order valence-electron chi connectivity index (χ4n) is 1.32. The Morgan fingerprint density at radius 2 is 1.78 bits per heavy atom. The van der Waals surface area contributed by atoms with Crippen LogP contribution in [0.3, 0.4) is 0 Å². The molecule has 9 heavy (non-hydrogen) atoms. The summed E-state index contributed by atoms with van der Waals surface area (Å²) in [7, 11) is 0. The van der Waals surface area contributed by atoms with E-state index in [-0.39, 0.29) is 0 Å². The first-order valence-corrected chi connectivity index (χ1v) is 3.54. The van der Waals surface area contributed by atoms with Crippen LogP contribution in [0.15, 0.2) is 0 Å². The zero-order valence-electron chi connectivity index (χ0n) is 5.49. The van der Waals surface area contributed by atoms with Crippen molar-refractivity contribution in [2.75, 3.05) is 0 Å². The predicted molar refractivity (Wildman–Crippen MR) is 35.5 cm³/mol. The van der Waals surface area contributed by atoms with Crippen LogP contribution in [0.2, 0.25) is 0 Å². The molecule has 0 nitrogen and oxygen atoms in total. The van der Waals surface area contributed by atoms with Crippen LogP contribution >= 0.6 is 0 Å². The van der Waals surface area contributed by atoms with Crippen molar-refractivity contribution in [3.63, 3.8) is 0 Å². The van der Waals surface area contributed by atoms with Crippen LogP contribution < -0.4 is 0 Å². The molecular formula is C8H11F. The molecule has 0 bridgehead atoms. The van der Waals surface area contributed by atoms with E-state index < -0.39 is 0 Å². The fraction of sp³-hybridized carbons (Fsp3) is 0.750. The summed E-state index contributed by atoms with van der Waals surface area (Å²) in [5.41, 5.74) is 0. The van der Waals surface area contributed by atoms with Crippen LogP contribution in [0.1, 0.15) is 32.1 Å². The molecule has 0 aromatic rings. The standard InChI is InChI=1S/C8H11F/c9-7-6-8-4-2-1-3-5-8/h8H,1-5H2. The van der Waals surface area contributed by atoms with Crippen molar-refractivity contribution in [2.24, 2.45) is 5.92 Å². The Balaban J connectivity index is 2.28. The summed E-state index contributed by atoms with van der Waals surface area (Å²) in [5.74, 6) is 2.93.